The summed E-state index contributed by atoms with van der Waals surface area (Å²) in [6, 6.07) is 4.39. The van der Waals surface area contributed by atoms with E-state index in [0.717, 1.165) is 0 Å². The fourth-order valence-corrected chi connectivity index (χ4v) is 2.34. The highest BCUT2D eigenvalue weighted by atomic mass is 35.5. The topological polar surface area (TPSA) is 92.2 Å². The lowest BCUT2D eigenvalue weighted by Crippen LogP contribution is -2.31. The summed E-state index contributed by atoms with van der Waals surface area (Å²) in [6.45, 7) is 3.74. The first-order valence-electron chi connectivity index (χ1n) is 7.58. The van der Waals surface area contributed by atoms with Crippen molar-refractivity contribution in [1.82, 2.24) is 15.3 Å². The van der Waals surface area contributed by atoms with Gasteiger partial charge >= 0.3 is 5.97 Å². The molecule has 0 bridgehead atoms. The van der Waals surface area contributed by atoms with Gasteiger partial charge in [-0.25, -0.2) is 14.4 Å². The standard InChI is InChI=1S/C17H17ClFN3O3/c1-9(2)16-20-8-12(18)15(22-16)17(25)21-13(7-14(23)24)10-3-5-11(19)6-4-10/h3-6,8-9,13H,7H2,1-2H3,(H,21,25)(H,23,24). The molecule has 6 nitrogen and oxygen atoms in total. The number of amides is 1. The smallest absolute Gasteiger partial charge is 0.305 e. The van der Waals surface area contributed by atoms with Crippen LogP contribution in [0.5, 0.6) is 0 Å². The van der Waals surface area contributed by atoms with E-state index < -0.39 is 23.7 Å². The van der Waals surface area contributed by atoms with E-state index in [2.05, 4.69) is 15.3 Å². The lowest BCUT2D eigenvalue weighted by atomic mass is 10.0. The van der Waals surface area contributed by atoms with Gasteiger partial charge in [0.1, 0.15) is 17.3 Å². The molecule has 1 atom stereocenters. The maximum absolute atomic E-state index is 13.1. The number of aromatic nitrogens is 2. The van der Waals surface area contributed by atoms with Gasteiger partial charge in [-0.3, -0.25) is 9.59 Å². The highest BCUT2D eigenvalue weighted by molar-refractivity contribution is 6.33. The molecule has 1 aromatic carbocycles. The molecule has 2 rings (SSSR count). The average Bonchev–Trinajstić information content (AvgIpc) is 2.54. The Morgan fingerprint density at radius 1 is 1.28 bits per heavy atom. The van der Waals surface area contributed by atoms with Crippen molar-refractivity contribution >= 4 is 23.5 Å². The number of carboxylic acid groups (broad SMARTS) is 1. The van der Waals surface area contributed by atoms with E-state index in [1.807, 2.05) is 13.8 Å². The first-order chi connectivity index (χ1) is 11.8. The summed E-state index contributed by atoms with van der Waals surface area (Å²) in [6.07, 6.45) is 0.972. The van der Waals surface area contributed by atoms with E-state index in [9.17, 15) is 14.0 Å². The van der Waals surface area contributed by atoms with Gasteiger partial charge in [0.2, 0.25) is 0 Å². The Morgan fingerprint density at radius 3 is 2.48 bits per heavy atom. The van der Waals surface area contributed by atoms with E-state index in [-0.39, 0.29) is 23.1 Å². The van der Waals surface area contributed by atoms with E-state index in [1.54, 1.807) is 0 Å². The highest BCUT2D eigenvalue weighted by Gasteiger charge is 2.22. The molecule has 0 aliphatic rings. The van der Waals surface area contributed by atoms with Gasteiger partial charge in [0.05, 0.1) is 23.7 Å². The predicted octanol–water partition coefficient (Wildman–Crippen LogP) is 3.34. The molecule has 0 fully saturated rings. The molecule has 1 heterocycles. The number of carboxylic acids is 1. The second kappa shape index (κ2) is 8.02. The summed E-state index contributed by atoms with van der Waals surface area (Å²) >= 11 is 6.00. The van der Waals surface area contributed by atoms with Crippen molar-refractivity contribution in [3.63, 3.8) is 0 Å². The summed E-state index contributed by atoms with van der Waals surface area (Å²) < 4.78 is 13.1. The third-order valence-electron chi connectivity index (χ3n) is 3.45. The molecule has 1 unspecified atom stereocenters. The molecule has 1 aromatic heterocycles. The molecule has 25 heavy (non-hydrogen) atoms. The third kappa shape index (κ3) is 4.96. The number of rotatable bonds is 6. The molecule has 0 aliphatic heterocycles. The highest BCUT2D eigenvalue weighted by Crippen LogP contribution is 2.21. The van der Waals surface area contributed by atoms with Gasteiger partial charge in [-0.1, -0.05) is 37.6 Å². The molecule has 0 saturated carbocycles. The van der Waals surface area contributed by atoms with Crippen molar-refractivity contribution in [2.45, 2.75) is 32.2 Å². The second-order valence-electron chi connectivity index (χ2n) is 5.75. The molecular weight excluding hydrogens is 349 g/mol. The molecule has 0 saturated heterocycles. The van der Waals surface area contributed by atoms with Crippen LogP contribution in [0, 0.1) is 5.82 Å². The van der Waals surface area contributed by atoms with E-state index >= 15 is 0 Å². The van der Waals surface area contributed by atoms with Gasteiger partial charge in [0.25, 0.3) is 5.91 Å². The number of benzene rings is 1. The number of nitrogens with one attached hydrogen (secondary N) is 1. The largest absolute Gasteiger partial charge is 0.481 e. The third-order valence-corrected chi connectivity index (χ3v) is 3.73. The lowest BCUT2D eigenvalue weighted by molar-refractivity contribution is -0.137. The molecular formula is C17H17ClFN3O3. The molecule has 0 spiro atoms. The fraction of sp³-hybridized carbons (Fsp3) is 0.294. The molecule has 8 heteroatoms. The minimum atomic E-state index is -1.11. The van der Waals surface area contributed by atoms with Crippen molar-refractivity contribution in [2.75, 3.05) is 0 Å². The quantitative estimate of drug-likeness (QED) is 0.819. The van der Waals surface area contributed by atoms with Crippen molar-refractivity contribution in [3.05, 3.63) is 58.4 Å². The zero-order valence-corrected chi connectivity index (χ0v) is 14.4. The summed E-state index contributed by atoms with van der Waals surface area (Å²) in [5.41, 5.74) is 0.435. The van der Waals surface area contributed by atoms with E-state index in [1.165, 1.54) is 30.5 Å². The van der Waals surface area contributed by atoms with Gasteiger partial charge in [-0.2, -0.15) is 0 Å². The number of hydrogen-bond donors (Lipinski definition) is 2. The molecule has 132 valence electrons. The van der Waals surface area contributed by atoms with Gasteiger partial charge in [0, 0.05) is 5.92 Å². The second-order valence-corrected chi connectivity index (χ2v) is 6.16. The number of carbonyl (C=O) groups excluding carboxylic acids is 1. The summed E-state index contributed by atoms with van der Waals surface area (Å²) in [5.74, 6) is -1.73. The van der Waals surface area contributed by atoms with Crippen LogP contribution < -0.4 is 5.32 Å². The maximum Gasteiger partial charge on any atom is 0.305 e. The van der Waals surface area contributed by atoms with Crippen LogP contribution in [0.15, 0.2) is 30.5 Å². The zero-order chi connectivity index (χ0) is 18.6. The summed E-state index contributed by atoms with van der Waals surface area (Å²) in [7, 11) is 0. The van der Waals surface area contributed by atoms with Crippen molar-refractivity contribution < 1.29 is 19.1 Å². The number of halogens is 2. The van der Waals surface area contributed by atoms with Crippen LogP contribution in [-0.4, -0.2) is 27.0 Å². The minimum Gasteiger partial charge on any atom is -0.481 e. The Morgan fingerprint density at radius 2 is 1.92 bits per heavy atom. The van der Waals surface area contributed by atoms with Gasteiger partial charge in [-0.05, 0) is 17.7 Å². The van der Waals surface area contributed by atoms with Crippen LogP contribution in [0.3, 0.4) is 0 Å². The van der Waals surface area contributed by atoms with E-state index in [0.29, 0.717) is 11.4 Å². The zero-order valence-electron chi connectivity index (χ0n) is 13.7. The number of carbonyl (C=O) groups is 2. The SMILES string of the molecule is CC(C)c1ncc(Cl)c(C(=O)NC(CC(=O)O)c2ccc(F)cc2)n1. The Labute approximate surface area is 149 Å². The number of hydrogen-bond acceptors (Lipinski definition) is 4. The average molecular weight is 366 g/mol. The molecule has 2 aromatic rings. The normalized spacial score (nSPS) is 12.0. The van der Waals surface area contributed by atoms with Gasteiger partial charge in [-0.15, -0.1) is 0 Å². The Hall–Kier alpha value is -2.54. The van der Waals surface area contributed by atoms with Crippen LogP contribution in [-0.2, 0) is 4.79 Å². The first-order valence-corrected chi connectivity index (χ1v) is 7.96. The van der Waals surface area contributed by atoms with Crippen LogP contribution >= 0.6 is 11.6 Å². The van der Waals surface area contributed by atoms with Crippen LogP contribution in [0.1, 0.15) is 54.1 Å². The van der Waals surface area contributed by atoms with Gasteiger partial charge < -0.3 is 10.4 Å². The maximum atomic E-state index is 13.1. The van der Waals surface area contributed by atoms with Gasteiger partial charge in [0.15, 0.2) is 0 Å². The Bertz CT molecular complexity index is 781. The van der Waals surface area contributed by atoms with Crippen LogP contribution in [0.4, 0.5) is 4.39 Å². The molecule has 1 amide bonds. The number of aliphatic carboxylic acids is 1. The molecule has 0 aliphatic carbocycles. The van der Waals surface area contributed by atoms with Crippen molar-refractivity contribution in [1.29, 1.82) is 0 Å². The predicted molar refractivity (Wildman–Crippen MR) is 90.0 cm³/mol. The van der Waals surface area contributed by atoms with Crippen LogP contribution in [0.25, 0.3) is 0 Å². The van der Waals surface area contributed by atoms with E-state index in [4.69, 9.17) is 16.7 Å². The molecule has 0 radical (unpaired) electrons. The molecule has 2 N–H and O–H groups in total. The first kappa shape index (κ1) is 18.8. The fourth-order valence-electron chi connectivity index (χ4n) is 2.17. The minimum absolute atomic E-state index is 0.00395. The monoisotopic (exact) mass is 365 g/mol. The lowest BCUT2D eigenvalue weighted by Gasteiger charge is -2.18. The number of nitrogens with zero attached hydrogens (tertiary/aromatic N) is 2. The Balaban J connectivity index is 2.29. The summed E-state index contributed by atoms with van der Waals surface area (Å²) in [5, 5.41) is 11.7. The Kier molecular flexibility index (Phi) is 6.03. The van der Waals surface area contributed by atoms with Crippen LogP contribution in [0.2, 0.25) is 5.02 Å². The van der Waals surface area contributed by atoms with Crippen molar-refractivity contribution in [2.24, 2.45) is 0 Å². The summed E-state index contributed by atoms with van der Waals surface area (Å²) in [4.78, 5) is 31.8. The van der Waals surface area contributed by atoms with Crippen molar-refractivity contribution in [3.8, 4) is 0 Å².